The topological polar surface area (TPSA) is 108 Å². The maximum atomic E-state index is 12.8. The molecule has 1 aromatic heterocycles. The van der Waals surface area contributed by atoms with Crippen molar-refractivity contribution in [3.8, 4) is 0 Å². The summed E-state index contributed by atoms with van der Waals surface area (Å²) in [6.45, 7) is -0.682. The Morgan fingerprint density at radius 1 is 1.32 bits per heavy atom. The van der Waals surface area contributed by atoms with E-state index < -0.39 is 44.7 Å². The molecule has 136 valence electrons. The first-order chi connectivity index (χ1) is 11.4. The molecule has 0 saturated heterocycles. The van der Waals surface area contributed by atoms with E-state index in [0.29, 0.717) is 0 Å². The zero-order valence-electron chi connectivity index (χ0n) is 11.9. The standard InChI is InChI=1S/C12H8ClF3N2O5S2/c13-7-4-2-1-3-6(7)5-18(25(21,22)23)9-8(10(19)20)17-11(24-9)12(14,15)16/h1-4H,5H2,(H,19,20)(H,21,22,23). The number of aromatic carboxylic acids is 1. The SMILES string of the molecule is O=C(O)c1nc(C(F)(F)F)sc1N(Cc1ccccc1Cl)S(=O)(=O)O. The second kappa shape index (κ2) is 6.78. The lowest BCUT2D eigenvalue weighted by Crippen LogP contribution is -2.30. The number of anilines is 1. The molecule has 0 spiro atoms. The van der Waals surface area contributed by atoms with E-state index in [1.54, 1.807) is 0 Å². The summed E-state index contributed by atoms with van der Waals surface area (Å²) in [7, 11) is -5.11. The van der Waals surface area contributed by atoms with Gasteiger partial charge in [-0.3, -0.25) is 4.55 Å². The number of rotatable bonds is 5. The van der Waals surface area contributed by atoms with Crippen molar-refractivity contribution < 1.29 is 36.0 Å². The van der Waals surface area contributed by atoms with Gasteiger partial charge in [0.1, 0.15) is 5.00 Å². The van der Waals surface area contributed by atoms with Gasteiger partial charge in [0.25, 0.3) is 0 Å². The van der Waals surface area contributed by atoms with Crippen LogP contribution >= 0.6 is 22.9 Å². The summed E-state index contributed by atoms with van der Waals surface area (Å²) in [5.41, 5.74) is -1.01. The van der Waals surface area contributed by atoms with Gasteiger partial charge in [0, 0.05) is 5.02 Å². The average molecular weight is 417 g/mol. The van der Waals surface area contributed by atoms with Gasteiger partial charge >= 0.3 is 22.4 Å². The zero-order valence-corrected chi connectivity index (χ0v) is 14.2. The minimum absolute atomic E-state index is 0.0774. The van der Waals surface area contributed by atoms with Gasteiger partial charge in [-0.1, -0.05) is 41.1 Å². The van der Waals surface area contributed by atoms with Crippen LogP contribution in [0.5, 0.6) is 0 Å². The zero-order chi connectivity index (χ0) is 19.0. The van der Waals surface area contributed by atoms with Gasteiger partial charge in [0.15, 0.2) is 5.69 Å². The molecule has 25 heavy (non-hydrogen) atoms. The van der Waals surface area contributed by atoms with E-state index in [1.165, 1.54) is 24.3 Å². The number of hydrogen-bond donors (Lipinski definition) is 2. The molecular formula is C12H8ClF3N2O5S2. The first kappa shape index (κ1) is 19.4. The third kappa shape index (κ3) is 4.39. The summed E-state index contributed by atoms with van der Waals surface area (Å²) >= 11 is 5.66. The highest BCUT2D eigenvalue weighted by molar-refractivity contribution is 7.87. The van der Waals surface area contributed by atoms with Crippen LogP contribution in [-0.4, -0.2) is 29.0 Å². The minimum Gasteiger partial charge on any atom is -0.476 e. The average Bonchev–Trinajstić information content (AvgIpc) is 2.90. The van der Waals surface area contributed by atoms with Gasteiger partial charge < -0.3 is 5.11 Å². The third-order valence-electron chi connectivity index (χ3n) is 2.83. The number of thiazole rings is 1. The predicted octanol–water partition coefficient (Wildman–Crippen LogP) is 3.32. The van der Waals surface area contributed by atoms with E-state index in [-0.39, 0.29) is 26.2 Å². The number of carboxylic acid groups (broad SMARTS) is 1. The number of halogens is 4. The van der Waals surface area contributed by atoms with Crippen molar-refractivity contribution in [1.82, 2.24) is 4.98 Å². The van der Waals surface area contributed by atoms with Crippen LogP contribution in [0, 0.1) is 0 Å². The predicted molar refractivity (Wildman–Crippen MR) is 83.3 cm³/mol. The van der Waals surface area contributed by atoms with Crippen molar-refractivity contribution in [3.63, 3.8) is 0 Å². The van der Waals surface area contributed by atoms with Crippen molar-refractivity contribution in [2.45, 2.75) is 12.7 Å². The fraction of sp³-hybridized carbons (Fsp3) is 0.167. The van der Waals surface area contributed by atoms with Gasteiger partial charge in [-0.05, 0) is 11.6 Å². The van der Waals surface area contributed by atoms with Crippen molar-refractivity contribution >= 4 is 44.2 Å². The van der Waals surface area contributed by atoms with E-state index in [0.717, 1.165) is 0 Å². The normalized spacial score (nSPS) is 12.2. The van der Waals surface area contributed by atoms with Crippen molar-refractivity contribution in [1.29, 1.82) is 0 Å². The molecule has 0 radical (unpaired) electrons. The molecule has 2 N–H and O–H groups in total. The number of carbonyl (C=O) groups is 1. The molecule has 7 nitrogen and oxygen atoms in total. The monoisotopic (exact) mass is 416 g/mol. The molecule has 0 aliphatic rings. The second-order valence-electron chi connectivity index (χ2n) is 4.55. The lowest BCUT2D eigenvalue weighted by Gasteiger charge is -2.20. The maximum Gasteiger partial charge on any atom is 0.443 e. The number of hydrogen-bond acceptors (Lipinski definition) is 5. The molecule has 0 amide bonds. The molecule has 13 heteroatoms. The Bertz CT molecular complexity index is 914. The van der Waals surface area contributed by atoms with Crippen LogP contribution in [0.1, 0.15) is 21.1 Å². The molecule has 1 aromatic carbocycles. The van der Waals surface area contributed by atoms with Crippen LogP contribution in [0.15, 0.2) is 24.3 Å². The largest absolute Gasteiger partial charge is 0.476 e. The molecular weight excluding hydrogens is 409 g/mol. The number of benzene rings is 1. The molecule has 0 bridgehead atoms. The van der Waals surface area contributed by atoms with Crippen LogP contribution in [-0.2, 0) is 23.0 Å². The fourth-order valence-corrected chi connectivity index (χ4v) is 3.80. The van der Waals surface area contributed by atoms with Gasteiger partial charge in [-0.25, -0.2) is 14.1 Å². The van der Waals surface area contributed by atoms with Crippen LogP contribution in [0.4, 0.5) is 18.2 Å². The summed E-state index contributed by atoms with van der Waals surface area (Å²) in [4.78, 5) is 14.1. The first-order valence-electron chi connectivity index (χ1n) is 6.21. The summed E-state index contributed by atoms with van der Waals surface area (Å²) in [5, 5.41) is 6.66. The quantitative estimate of drug-likeness (QED) is 0.724. The molecule has 0 atom stereocenters. The molecule has 2 rings (SSSR count). The van der Waals surface area contributed by atoms with Gasteiger partial charge in [0.2, 0.25) is 5.01 Å². The van der Waals surface area contributed by atoms with E-state index in [1.807, 2.05) is 0 Å². The number of nitrogens with zero attached hydrogens (tertiary/aromatic N) is 2. The first-order valence-corrected chi connectivity index (χ1v) is 8.80. The van der Waals surface area contributed by atoms with E-state index >= 15 is 0 Å². The number of alkyl halides is 3. The summed E-state index contributed by atoms with van der Waals surface area (Å²) < 4.78 is 71.1. The van der Waals surface area contributed by atoms with Crippen LogP contribution in [0.3, 0.4) is 0 Å². The van der Waals surface area contributed by atoms with E-state index in [4.69, 9.17) is 16.7 Å². The van der Waals surface area contributed by atoms with Crippen molar-refractivity contribution in [2.24, 2.45) is 0 Å². The maximum absolute atomic E-state index is 12.8. The molecule has 0 aliphatic carbocycles. The Hall–Kier alpha value is -1.89. The van der Waals surface area contributed by atoms with E-state index in [9.17, 15) is 30.9 Å². The fourth-order valence-electron chi connectivity index (χ4n) is 1.78. The molecule has 2 aromatic rings. The molecule has 0 unspecified atom stereocenters. The summed E-state index contributed by atoms with van der Waals surface area (Å²) in [6.07, 6.45) is -4.98. The minimum atomic E-state index is -5.11. The number of aromatic nitrogens is 1. The van der Waals surface area contributed by atoms with Crippen molar-refractivity contribution in [3.05, 3.63) is 45.6 Å². The Morgan fingerprint density at radius 3 is 2.40 bits per heavy atom. The highest BCUT2D eigenvalue weighted by Gasteiger charge is 2.39. The lowest BCUT2D eigenvalue weighted by atomic mass is 10.2. The van der Waals surface area contributed by atoms with Crippen LogP contribution < -0.4 is 4.31 Å². The smallest absolute Gasteiger partial charge is 0.443 e. The number of carboxylic acids is 1. The van der Waals surface area contributed by atoms with Crippen molar-refractivity contribution in [2.75, 3.05) is 4.31 Å². The summed E-state index contributed by atoms with van der Waals surface area (Å²) in [5.74, 6) is -1.88. The highest BCUT2D eigenvalue weighted by atomic mass is 35.5. The summed E-state index contributed by atoms with van der Waals surface area (Å²) in [6, 6.07) is 5.77. The molecule has 0 aliphatic heterocycles. The Labute approximate surface area is 148 Å². The van der Waals surface area contributed by atoms with Gasteiger partial charge in [0.05, 0.1) is 6.54 Å². The van der Waals surface area contributed by atoms with E-state index in [2.05, 4.69) is 4.98 Å². The lowest BCUT2D eigenvalue weighted by molar-refractivity contribution is -0.137. The molecule has 0 saturated carbocycles. The third-order valence-corrected chi connectivity index (χ3v) is 5.31. The molecule has 1 heterocycles. The van der Waals surface area contributed by atoms with Crippen LogP contribution in [0.25, 0.3) is 0 Å². The Kier molecular flexibility index (Phi) is 5.27. The molecule has 0 fully saturated rings. The van der Waals surface area contributed by atoms with Gasteiger partial charge in [-0.15, -0.1) is 0 Å². The Morgan fingerprint density at radius 2 is 1.92 bits per heavy atom. The highest BCUT2D eigenvalue weighted by Crippen LogP contribution is 2.40. The second-order valence-corrected chi connectivity index (χ2v) is 7.27. The Balaban J connectivity index is 2.61. The van der Waals surface area contributed by atoms with Crippen LogP contribution in [0.2, 0.25) is 5.02 Å². The van der Waals surface area contributed by atoms with Gasteiger partial charge in [-0.2, -0.15) is 21.6 Å².